The van der Waals surface area contributed by atoms with E-state index < -0.39 is 0 Å². The number of aryl methyl sites for hydroxylation is 1. The molecule has 2 aromatic heterocycles. The highest BCUT2D eigenvalue weighted by atomic mass is 15.2. The summed E-state index contributed by atoms with van der Waals surface area (Å²) in [6, 6.07) is 10.9. The largest absolute Gasteiger partial charge is 0.353 e. The lowest BCUT2D eigenvalue weighted by molar-refractivity contribution is 0.998. The number of nitrogens with one attached hydrogen (secondary N) is 1. The Morgan fingerprint density at radius 3 is 2.95 bits per heavy atom. The first-order chi connectivity index (χ1) is 9.79. The number of rotatable bonds is 3. The van der Waals surface area contributed by atoms with E-state index in [9.17, 15) is 0 Å². The SMILES string of the molecule is Cc1cn(-c2cnc3ccccc3c2)c(NC2CC2)n1. The van der Waals surface area contributed by atoms with E-state index in [0.717, 1.165) is 28.2 Å². The van der Waals surface area contributed by atoms with Crippen LogP contribution in [0.5, 0.6) is 0 Å². The third kappa shape index (κ3) is 2.03. The maximum atomic E-state index is 4.57. The highest BCUT2D eigenvalue weighted by molar-refractivity contribution is 5.80. The third-order valence-corrected chi connectivity index (χ3v) is 3.59. The third-order valence-electron chi connectivity index (χ3n) is 3.59. The van der Waals surface area contributed by atoms with E-state index in [2.05, 4.69) is 38.2 Å². The van der Waals surface area contributed by atoms with Gasteiger partial charge in [0.2, 0.25) is 5.95 Å². The van der Waals surface area contributed by atoms with Crippen molar-refractivity contribution in [2.75, 3.05) is 5.32 Å². The van der Waals surface area contributed by atoms with Gasteiger partial charge in [0.1, 0.15) is 0 Å². The first-order valence-corrected chi connectivity index (χ1v) is 6.97. The molecule has 20 heavy (non-hydrogen) atoms. The molecule has 3 aromatic rings. The summed E-state index contributed by atoms with van der Waals surface area (Å²) in [5.74, 6) is 0.919. The number of imidazole rings is 1. The topological polar surface area (TPSA) is 42.7 Å². The normalized spacial score (nSPS) is 14.7. The van der Waals surface area contributed by atoms with Gasteiger partial charge in [0.15, 0.2) is 0 Å². The number of aromatic nitrogens is 3. The summed E-state index contributed by atoms with van der Waals surface area (Å²) in [4.78, 5) is 9.10. The smallest absolute Gasteiger partial charge is 0.208 e. The Kier molecular flexibility index (Phi) is 2.49. The van der Waals surface area contributed by atoms with Crippen LogP contribution in [0, 0.1) is 6.92 Å². The molecule has 0 unspecified atom stereocenters. The molecule has 0 amide bonds. The summed E-state index contributed by atoms with van der Waals surface area (Å²) in [5.41, 5.74) is 3.08. The van der Waals surface area contributed by atoms with Crippen LogP contribution in [-0.4, -0.2) is 20.6 Å². The van der Waals surface area contributed by atoms with E-state index in [4.69, 9.17) is 0 Å². The van der Waals surface area contributed by atoms with Crippen molar-refractivity contribution >= 4 is 16.9 Å². The molecule has 0 bridgehead atoms. The van der Waals surface area contributed by atoms with Gasteiger partial charge in [0.25, 0.3) is 0 Å². The van der Waals surface area contributed by atoms with Gasteiger partial charge in [0.05, 0.1) is 23.1 Å². The van der Waals surface area contributed by atoms with E-state index in [0.29, 0.717) is 6.04 Å². The Morgan fingerprint density at radius 2 is 2.10 bits per heavy atom. The van der Waals surface area contributed by atoms with E-state index in [1.807, 2.05) is 31.3 Å². The zero-order chi connectivity index (χ0) is 13.5. The van der Waals surface area contributed by atoms with Gasteiger partial charge in [-0.05, 0) is 31.9 Å². The predicted octanol–water partition coefficient (Wildman–Crippen LogP) is 3.30. The van der Waals surface area contributed by atoms with Gasteiger partial charge < -0.3 is 5.32 Å². The van der Waals surface area contributed by atoms with Gasteiger partial charge in [-0.1, -0.05) is 18.2 Å². The maximum absolute atomic E-state index is 4.57. The van der Waals surface area contributed by atoms with Crippen molar-refractivity contribution in [3.63, 3.8) is 0 Å². The van der Waals surface area contributed by atoms with E-state index in [1.165, 1.54) is 12.8 Å². The van der Waals surface area contributed by atoms with E-state index in [1.54, 1.807) is 0 Å². The maximum Gasteiger partial charge on any atom is 0.208 e. The van der Waals surface area contributed by atoms with Crippen LogP contribution in [0.15, 0.2) is 42.7 Å². The number of nitrogens with zero attached hydrogens (tertiary/aromatic N) is 3. The van der Waals surface area contributed by atoms with Crippen LogP contribution in [0.2, 0.25) is 0 Å². The van der Waals surface area contributed by atoms with Gasteiger partial charge in [-0.15, -0.1) is 0 Å². The van der Waals surface area contributed by atoms with Gasteiger partial charge in [-0.3, -0.25) is 9.55 Å². The summed E-state index contributed by atoms with van der Waals surface area (Å²) in [5, 5.41) is 4.62. The molecule has 4 rings (SSSR count). The number of fused-ring (bicyclic) bond motifs is 1. The molecule has 2 heterocycles. The van der Waals surface area contributed by atoms with Crippen LogP contribution in [-0.2, 0) is 0 Å². The van der Waals surface area contributed by atoms with Crippen LogP contribution < -0.4 is 5.32 Å². The number of hydrogen-bond donors (Lipinski definition) is 1. The van der Waals surface area contributed by atoms with Crippen molar-refractivity contribution in [3.8, 4) is 5.69 Å². The van der Waals surface area contributed by atoms with Crippen LogP contribution in [0.4, 0.5) is 5.95 Å². The molecule has 0 saturated heterocycles. The zero-order valence-corrected chi connectivity index (χ0v) is 11.4. The monoisotopic (exact) mass is 264 g/mol. The average molecular weight is 264 g/mol. The minimum atomic E-state index is 0.587. The van der Waals surface area contributed by atoms with Crippen LogP contribution in [0.3, 0.4) is 0 Å². The molecule has 1 aliphatic rings. The van der Waals surface area contributed by atoms with Crippen molar-refractivity contribution in [1.29, 1.82) is 0 Å². The minimum absolute atomic E-state index is 0.587. The number of benzene rings is 1. The first-order valence-electron chi connectivity index (χ1n) is 6.97. The van der Waals surface area contributed by atoms with Gasteiger partial charge in [-0.25, -0.2) is 4.98 Å². The van der Waals surface area contributed by atoms with Crippen LogP contribution in [0.25, 0.3) is 16.6 Å². The molecular formula is C16H16N4. The molecule has 1 saturated carbocycles. The molecular weight excluding hydrogens is 248 g/mol. The quantitative estimate of drug-likeness (QED) is 0.789. The molecule has 0 radical (unpaired) electrons. The fourth-order valence-electron chi connectivity index (χ4n) is 2.40. The summed E-state index contributed by atoms with van der Waals surface area (Å²) >= 11 is 0. The van der Waals surface area contributed by atoms with Gasteiger partial charge >= 0.3 is 0 Å². The summed E-state index contributed by atoms with van der Waals surface area (Å²) in [7, 11) is 0. The van der Waals surface area contributed by atoms with Crippen molar-refractivity contribution in [2.45, 2.75) is 25.8 Å². The Labute approximate surface area is 117 Å². The van der Waals surface area contributed by atoms with E-state index in [-0.39, 0.29) is 0 Å². The lowest BCUT2D eigenvalue weighted by Crippen LogP contribution is -2.07. The summed E-state index contributed by atoms with van der Waals surface area (Å²) in [6.45, 7) is 2.02. The lowest BCUT2D eigenvalue weighted by Gasteiger charge is -2.09. The number of anilines is 1. The van der Waals surface area contributed by atoms with Crippen molar-refractivity contribution < 1.29 is 0 Å². The summed E-state index contributed by atoms with van der Waals surface area (Å²) < 4.78 is 2.09. The first kappa shape index (κ1) is 11.5. The molecule has 1 N–H and O–H groups in total. The number of hydrogen-bond acceptors (Lipinski definition) is 3. The lowest BCUT2D eigenvalue weighted by atomic mass is 10.2. The second kappa shape index (κ2) is 4.34. The van der Waals surface area contributed by atoms with E-state index >= 15 is 0 Å². The molecule has 4 heteroatoms. The van der Waals surface area contributed by atoms with Crippen LogP contribution >= 0.6 is 0 Å². The molecule has 0 spiro atoms. The summed E-state index contributed by atoms with van der Waals surface area (Å²) in [6.07, 6.45) is 6.43. The van der Waals surface area contributed by atoms with Crippen LogP contribution in [0.1, 0.15) is 18.5 Å². The standard InChI is InChI=1S/C16H16N4/c1-11-10-20(16(18-11)19-13-6-7-13)14-8-12-4-2-3-5-15(12)17-9-14/h2-5,8-10,13H,6-7H2,1H3,(H,18,19). The highest BCUT2D eigenvalue weighted by Crippen LogP contribution is 2.26. The molecule has 1 aliphatic carbocycles. The number of para-hydroxylation sites is 1. The Hall–Kier alpha value is -2.36. The number of pyridine rings is 1. The second-order valence-electron chi connectivity index (χ2n) is 5.38. The predicted molar refractivity (Wildman–Crippen MR) is 80.2 cm³/mol. The molecule has 0 atom stereocenters. The average Bonchev–Trinajstić information content (AvgIpc) is 3.20. The Bertz CT molecular complexity index is 771. The Morgan fingerprint density at radius 1 is 1.25 bits per heavy atom. The minimum Gasteiger partial charge on any atom is -0.353 e. The molecule has 100 valence electrons. The van der Waals surface area contributed by atoms with Crippen molar-refractivity contribution in [3.05, 3.63) is 48.4 Å². The highest BCUT2D eigenvalue weighted by Gasteiger charge is 2.23. The molecule has 1 aromatic carbocycles. The molecule has 4 nitrogen and oxygen atoms in total. The fourth-order valence-corrected chi connectivity index (χ4v) is 2.40. The fraction of sp³-hybridized carbons (Fsp3) is 0.250. The molecule has 0 aliphatic heterocycles. The zero-order valence-electron chi connectivity index (χ0n) is 11.4. The Balaban J connectivity index is 1.81. The molecule has 1 fully saturated rings. The van der Waals surface area contributed by atoms with Crippen molar-refractivity contribution in [1.82, 2.24) is 14.5 Å². The second-order valence-corrected chi connectivity index (χ2v) is 5.38. The van der Waals surface area contributed by atoms with Gasteiger partial charge in [0, 0.05) is 17.6 Å². The van der Waals surface area contributed by atoms with Gasteiger partial charge in [-0.2, -0.15) is 0 Å². The van der Waals surface area contributed by atoms with Crippen molar-refractivity contribution in [2.24, 2.45) is 0 Å².